The molecule has 1 aromatic heterocycles. The van der Waals surface area contributed by atoms with Crippen LogP contribution in [0.25, 0.3) is 23.0 Å². The molecule has 29 heavy (non-hydrogen) atoms. The summed E-state index contributed by atoms with van der Waals surface area (Å²) in [5.74, 6) is -0.418. The number of rotatable bonds is 5. The normalized spacial score (nSPS) is 16.6. The average molecular weight is 386 g/mol. The van der Waals surface area contributed by atoms with Crippen molar-refractivity contribution in [3.8, 4) is 16.9 Å². The third kappa shape index (κ3) is 4.43. The van der Waals surface area contributed by atoms with Gasteiger partial charge in [-0.2, -0.15) is 5.10 Å². The van der Waals surface area contributed by atoms with Crippen molar-refractivity contribution in [1.82, 2.24) is 20.4 Å². The van der Waals surface area contributed by atoms with Gasteiger partial charge in [0.1, 0.15) is 6.04 Å². The summed E-state index contributed by atoms with van der Waals surface area (Å²) in [6, 6.07) is 19.2. The summed E-state index contributed by atoms with van der Waals surface area (Å²) in [6.45, 7) is 0.667. The number of nitrogens with one attached hydrogen (secondary N) is 2. The van der Waals surface area contributed by atoms with Crippen molar-refractivity contribution in [2.24, 2.45) is 0 Å². The molecule has 1 atom stereocenters. The van der Waals surface area contributed by atoms with Crippen molar-refractivity contribution in [3.63, 3.8) is 0 Å². The lowest BCUT2D eigenvalue weighted by Crippen LogP contribution is -2.49. The maximum Gasteiger partial charge on any atom is 0.244 e. The standard InChI is InChI=1S/C23H22N4O2/c28-21(25-20-12-7-15-24-23(20)29)14-13-18-16-27(19-10-5-2-6-11-19)26-22(18)17-8-3-1-4-9-17/h1-6,8-11,13-14,16,20H,7,12,15H2,(H,24,29)(H,25,28)/b14-13+. The second kappa shape index (κ2) is 8.56. The first-order valence-corrected chi connectivity index (χ1v) is 9.67. The van der Waals surface area contributed by atoms with Gasteiger partial charge in [-0.1, -0.05) is 48.5 Å². The highest BCUT2D eigenvalue weighted by molar-refractivity contribution is 5.96. The van der Waals surface area contributed by atoms with Gasteiger partial charge in [-0.25, -0.2) is 4.68 Å². The van der Waals surface area contributed by atoms with E-state index in [1.54, 1.807) is 10.8 Å². The summed E-state index contributed by atoms with van der Waals surface area (Å²) in [6.07, 6.45) is 6.62. The number of carbonyl (C=O) groups excluding carboxylic acids is 2. The molecule has 2 aromatic carbocycles. The van der Waals surface area contributed by atoms with E-state index in [4.69, 9.17) is 5.10 Å². The molecule has 4 rings (SSSR count). The van der Waals surface area contributed by atoms with E-state index in [-0.39, 0.29) is 11.8 Å². The predicted molar refractivity (Wildman–Crippen MR) is 112 cm³/mol. The minimum atomic E-state index is -0.471. The minimum Gasteiger partial charge on any atom is -0.354 e. The van der Waals surface area contributed by atoms with Crippen molar-refractivity contribution in [3.05, 3.63) is 78.5 Å². The van der Waals surface area contributed by atoms with Crippen LogP contribution in [-0.4, -0.2) is 34.2 Å². The highest BCUT2D eigenvalue weighted by Crippen LogP contribution is 2.24. The number of hydrogen-bond acceptors (Lipinski definition) is 3. The number of carbonyl (C=O) groups is 2. The first-order valence-electron chi connectivity index (χ1n) is 9.67. The van der Waals surface area contributed by atoms with Gasteiger partial charge in [-0.15, -0.1) is 0 Å². The molecule has 6 nitrogen and oxygen atoms in total. The van der Waals surface area contributed by atoms with Gasteiger partial charge in [-0.3, -0.25) is 9.59 Å². The summed E-state index contributed by atoms with van der Waals surface area (Å²) in [5, 5.41) is 10.3. The van der Waals surface area contributed by atoms with Gasteiger partial charge in [0, 0.05) is 29.9 Å². The van der Waals surface area contributed by atoms with Gasteiger partial charge in [0.05, 0.1) is 11.4 Å². The predicted octanol–water partition coefficient (Wildman–Crippen LogP) is 2.95. The number of hydrogen-bond donors (Lipinski definition) is 2. The zero-order valence-corrected chi connectivity index (χ0v) is 15.9. The van der Waals surface area contributed by atoms with Crippen LogP contribution >= 0.6 is 0 Å². The molecule has 146 valence electrons. The van der Waals surface area contributed by atoms with Gasteiger partial charge in [-0.05, 0) is 31.1 Å². The van der Waals surface area contributed by atoms with Crippen LogP contribution < -0.4 is 10.6 Å². The van der Waals surface area contributed by atoms with Crippen LogP contribution in [0.2, 0.25) is 0 Å². The third-order valence-corrected chi connectivity index (χ3v) is 4.83. The van der Waals surface area contributed by atoms with E-state index >= 15 is 0 Å². The Kier molecular flexibility index (Phi) is 5.52. The highest BCUT2D eigenvalue weighted by atomic mass is 16.2. The van der Waals surface area contributed by atoms with Crippen LogP contribution in [0.5, 0.6) is 0 Å². The molecule has 0 spiro atoms. The number of para-hydroxylation sites is 1. The summed E-state index contributed by atoms with van der Waals surface area (Å²) in [4.78, 5) is 24.2. The van der Waals surface area contributed by atoms with Crippen molar-refractivity contribution in [2.75, 3.05) is 6.54 Å². The highest BCUT2D eigenvalue weighted by Gasteiger charge is 2.22. The second-order valence-electron chi connectivity index (χ2n) is 6.91. The molecule has 0 radical (unpaired) electrons. The lowest BCUT2D eigenvalue weighted by molar-refractivity contribution is -0.128. The number of benzene rings is 2. The fourth-order valence-corrected chi connectivity index (χ4v) is 3.34. The van der Waals surface area contributed by atoms with Crippen LogP contribution in [0.4, 0.5) is 0 Å². The molecule has 1 fully saturated rings. The van der Waals surface area contributed by atoms with Crippen molar-refractivity contribution in [1.29, 1.82) is 0 Å². The summed E-state index contributed by atoms with van der Waals surface area (Å²) in [5.41, 5.74) is 3.51. The number of aromatic nitrogens is 2. The molecule has 6 heteroatoms. The van der Waals surface area contributed by atoms with Crippen molar-refractivity contribution >= 4 is 17.9 Å². The lowest BCUT2D eigenvalue weighted by atomic mass is 10.1. The smallest absolute Gasteiger partial charge is 0.244 e. The summed E-state index contributed by atoms with van der Waals surface area (Å²) in [7, 11) is 0. The monoisotopic (exact) mass is 386 g/mol. The van der Waals surface area contributed by atoms with Crippen LogP contribution in [0.15, 0.2) is 72.9 Å². The fraction of sp³-hybridized carbons (Fsp3) is 0.174. The molecule has 2 N–H and O–H groups in total. The number of nitrogens with zero attached hydrogens (tertiary/aromatic N) is 2. The topological polar surface area (TPSA) is 76.0 Å². The molecule has 0 bridgehead atoms. The van der Waals surface area contributed by atoms with Crippen molar-refractivity contribution in [2.45, 2.75) is 18.9 Å². The SMILES string of the molecule is O=C(/C=C/c1cn(-c2ccccc2)nc1-c1ccccc1)NC1CCCNC1=O. The Morgan fingerprint density at radius 1 is 1.10 bits per heavy atom. The van der Waals surface area contributed by atoms with Crippen LogP contribution in [-0.2, 0) is 9.59 Å². The van der Waals surface area contributed by atoms with Gasteiger partial charge < -0.3 is 10.6 Å². The average Bonchev–Trinajstić information content (AvgIpc) is 3.20. The van der Waals surface area contributed by atoms with Gasteiger partial charge in [0.15, 0.2) is 0 Å². The Hall–Kier alpha value is -3.67. The second-order valence-corrected chi connectivity index (χ2v) is 6.91. The van der Waals surface area contributed by atoms with E-state index in [1.165, 1.54) is 6.08 Å². The molecule has 1 aliphatic rings. The Morgan fingerprint density at radius 3 is 2.55 bits per heavy atom. The third-order valence-electron chi connectivity index (χ3n) is 4.83. The first-order chi connectivity index (χ1) is 14.2. The Balaban J connectivity index is 1.60. The maximum absolute atomic E-state index is 12.3. The van der Waals surface area contributed by atoms with Crippen molar-refractivity contribution < 1.29 is 9.59 Å². The van der Waals surface area contributed by atoms with E-state index in [2.05, 4.69) is 10.6 Å². The minimum absolute atomic E-state index is 0.125. The number of piperidine rings is 1. The molecular weight excluding hydrogens is 364 g/mol. The molecule has 0 saturated carbocycles. The van der Waals surface area contributed by atoms with E-state index < -0.39 is 6.04 Å². The number of amides is 2. The van der Waals surface area contributed by atoms with E-state index in [0.29, 0.717) is 13.0 Å². The molecule has 2 heterocycles. The van der Waals surface area contributed by atoms with Crippen LogP contribution in [0.1, 0.15) is 18.4 Å². The summed E-state index contributed by atoms with van der Waals surface area (Å²) >= 11 is 0. The molecule has 2 amide bonds. The molecule has 1 unspecified atom stereocenters. The van der Waals surface area contributed by atoms with E-state index in [0.717, 1.165) is 28.9 Å². The van der Waals surface area contributed by atoms with E-state index in [9.17, 15) is 9.59 Å². The molecule has 3 aromatic rings. The fourth-order valence-electron chi connectivity index (χ4n) is 3.34. The van der Waals surface area contributed by atoms with Crippen LogP contribution in [0, 0.1) is 0 Å². The molecule has 1 aliphatic heterocycles. The quantitative estimate of drug-likeness (QED) is 0.662. The largest absolute Gasteiger partial charge is 0.354 e. The Morgan fingerprint density at radius 2 is 1.83 bits per heavy atom. The Labute approximate surface area is 169 Å². The zero-order valence-electron chi connectivity index (χ0n) is 15.9. The molecule has 0 aliphatic carbocycles. The zero-order chi connectivity index (χ0) is 20.1. The van der Waals surface area contributed by atoms with Gasteiger partial charge in [0.25, 0.3) is 0 Å². The maximum atomic E-state index is 12.3. The van der Waals surface area contributed by atoms with Gasteiger partial charge >= 0.3 is 0 Å². The first kappa shape index (κ1) is 18.7. The van der Waals surface area contributed by atoms with Gasteiger partial charge in [0.2, 0.25) is 11.8 Å². The summed E-state index contributed by atoms with van der Waals surface area (Å²) < 4.78 is 1.80. The molecular formula is C23H22N4O2. The van der Waals surface area contributed by atoms with Crippen LogP contribution in [0.3, 0.4) is 0 Å². The lowest BCUT2D eigenvalue weighted by Gasteiger charge is -2.22. The Bertz CT molecular complexity index is 1030. The molecule has 1 saturated heterocycles. The van der Waals surface area contributed by atoms with E-state index in [1.807, 2.05) is 66.9 Å².